The minimum atomic E-state index is -0.409. The van der Waals surface area contributed by atoms with Crippen LogP contribution in [0.2, 0.25) is 0 Å². The van der Waals surface area contributed by atoms with Crippen LogP contribution in [-0.2, 0) is 4.79 Å². The number of ether oxygens (including phenoxy) is 3. The fourth-order valence-electron chi connectivity index (χ4n) is 2.06. The van der Waals surface area contributed by atoms with Gasteiger partial charge >= 0.3 is 5.97 Å². The van der Waals surface area contributed by atoms with Gasteiger partial charge in [0.15, 0.2) is 11.5 Å². The first-order valence-electron chi connectivity index (χ1n) is 7.44. The third kappa shape index (κ3) is 4.49. The number of amides is 1. The van der Waals surface area contributed by atoms with Crippen LogP contribution in [0.4, 0.5) is 5.69 Å². The molecule has 0 atom stereocenters. The average molecular weight is 329 g/mol. The maximum Gasteiger partial charge on any atom is 0.308 e. The van der Waals surface area contributed by atoms with Crippen LogP contribution in [0.25, 0.3) is 0 Å². The predicted molar refractivity (Wildman–Crippen MR) is 89.9 cm³/mol. The zero-order valence-electron chi connectivity index (χ0n) is 13.8. The van der Waals surface area contributed by atoms with E-state index in [-0.39, 0.29) is 5.91 Å². The van der Waals surface area contributed by atoms with Gasteiger partial charge in [0.2, 0.25) is 0 Å². The van der Waals surface area contributed by atoms with Gasteiger partial charge in [-0.2, -0.15) is 0 Å². The summed E-state index contributed by atoms with van der Waals surface area (Å²) in [6.07, 6.45) is 0. The van der Waals surface area contributed by atoms with Crippen molar-refractivity contribution < 1.29 is 23.8 Å². The molecule has 0 radical (unpaired) electrons. The van der Waals surface area contributed by atoms with Gasteiger partial charge in [-0.1, -0.05) is 0 Å². The summed E-state index contributed by atoms with van der Waals surface area (Å²) >= 11 is 0. The van der Waals surface area contributed by atoms with Crippen LogP contribution in [0.1, 0.15) is 24.2 Å². The highest BCUT2D eigenvalue weighted by atomic mass is 16.5. The second kappa shape index (κ2) is 8.01. The van der Waals surface area contributed by atoms with Gasteiger partial charge < -0.3 is 19.5 Å². The van der Waals surface area contributed by atoms with Gasteiger partial charge in [-0.3, -0.25) is 9.59 Å². The van der Waals surface area contributed by atoms with Crippen molar-refractivity contribution in [3.05, 3.63) is 48.0 Å². The molecule has 126 valence electrons. The molecule has 0 bridgehead atoms. The monoisotopic (exact) mass is 329 g/mol. The number of anilines is 1. The van der Waals surface area contributed by atoms with E-state index in [0.717, 1.165) is 0 Å². The number of rotatable bonds is 6. The molecule has 0 heterocycles. The molecular weight excluding hydrogens is 310 g/mol. The van der Waals surface area contributed by atoms with Gasteiger partial charge in [0.1, 0.15) is 5.75 Å². The summed E-state index contributed by atoms with van der Waals surface area (Å²) in [5.41, 5.74) is 1.03. The van der Waals surface area contributed by atoms with Gasteiger partial charge in [-0.05, 0) is 43.3 Å². The Kier molecular flexibility index (Phi) is 5.78. The molecule has 0 aliphatic rings. The van der Waals surface area contributed by atoms with Crippen molar-refractivity contribution >= 4 is 17.6 Å². The van der Waals surface area contributed by atoms with E-state index in [1.165, 1.54) is 14.0 Å². The van der Waals surface area contributed by atoms with Crippen LogP contribution < -0.4 is 19.5 Å². The normalized spacial score (nSPS) is 9.96. The van der Waals surface area contributed by atoms with E-state index in [1.54, 1.807) is 42.5 Å². The van der Waals surface area contributed by atoms with Gasteiger partial charge in [0.05, 0.1) is 13.7 Å². The largest absolute Gasteiger partial charge is 0.493 e. The lowest BCUT2D eigenvalue weighted by atomic mass is 10.2. The van der Waals surface area contributed by atoms with E-state index < -0.39 is 5.97 Å². The van der Waals surface area contributed by atoms with Gasteiger partial charge in [0.25, 0.3) is 5.91 Å². The average Bonchev–Trinajstić information content (AvgIpc) is 2.56. The van der Waals surface area contributed by atoms with Crippen molar-refractivity contribution in [2.45, 2.75) is 13.8 Å². The summed E-state index contributed by atoms with van der Waals surface area (Å²) < 4.78 is 15.6. The summed E-state index contributed by atoms with van der Waals surface area (Å²) in [6.45, 7) is 3.73. The van der Waals surface area contributed by atoms with Crippen LogP contribution in [0.3, 0.4) is 0 Å². The van der Waals surface area contributed by atoms with Gasteiger partial charge in [0, 0.05) is 24.2 Å². The van der Waals surface area contributed by atoms with Crippen molar-refractivity contribution in [2.24, 2.45) is 0 Å². The molecule has 0 aliphatic heterocycles. The number of methoxy groups -OCH3 is 1. The van der Waals surface area contributed by atoms with E-state index in [1.807, 2.05) is 6.92 Å². The van der Waals surface area contributed by atoms with E-state index in [9.17, 15) is 9.59 Å². The van der Waals surface area contributed by atoms with Crippen molar-refractivity contribution in [2.75, 3.05) is 19.0 Å². The Morgan fingerprint density at radius 3 is 2.33 bits per heavy atom. The molecule has 1 N–H and O–H groups in total. The molecule has 1 amide bonds. The number of carbonyl (C=O) groups is 2. The van der Waals surface area contributed by atoms with Crippen LogP contribution in [0, 0.1) is 0 Å². The SMILES string of the molecule is CCOc1ccc(NC(=O)c2ccc(OC(C)=O)cc2)cc1OC. The highest BCUT2D eigenvalue weighted by Gasteiger charge is 2.10. The molecule has 0 aromatic heterocycles. The molecule has 6 nitrogen and oxygen atoms in total. The number of hydrogen-bond donors (Lipinski definition) is 1. The lowest BCUT2D eigenvalue weighted by Crippen LogP contribution is -2.12. The Hall–Kier alpha value is -3.02. The van der Waals surface area contributed by atoms with Crippen LogP contribution in [0.15, 0.2) is 42.5 Å². The quantitative estimate of drug-likeness (QED) is 0.650. The molecule has 24 heavy (non-hydrogen) atoms. The van der Waals surface area contributed by atoms with E-state index >= 15 is 0 Å². The smallest absolute Gasteiger partial charge is 0.308 e. The van der Waals surface area contributed by atoms with Crippen molar-refractivity contribution in [3.8, 4) is 17.2 Å². The van der Waals surface area contributed by atoms with Crippen LogP contribution >= 0.6 is 0 Å². The summed E-state index contributed by atoms with van der Waals surface area (Å²) in [6, 6.07) is 11.5. The Bertz CT molecular complexity index is 725. The third-order valence-electron chi connectivity index (χ3n) is 3.10. The zero-order chi connectivity index (χ0) is 17.5. The molecule has 2 aromatic carbocycles. The fourth-order valence-corrected chi connectivity index (χ4v) is 2.06. The first-order valence-corrected chi connectivity index (χ1v) is 7.44. The second-order valence-corrected chi connectivity index (χ2v) is 4.87. The zero-order valence-corrected chi connectivity index (χ0v) is 13.8. The molecule has 0 unspecified atom stereocenters. The number of benzene rings is 2. The second-order valence-electron chi connectivity index (χ2n) is 4.87. The van der Waals surface area contributed by atoms with Crippen LogP contribution in [0.5, 0.6) is 17.2 Å². The van der Waals surface area contributed by atoms with Crippen molar-refractivity contribution in [3.63, 3.8) is 0 Å². The van der Waals surface area contributed by atoms with Crippen molar-refractivity contribution in [1.29, 1.82) is 0 Å². The summed E-state index contributed by atoms with van der Waals surface area (Å²) in [4.78, 5) is 23.2. The molecule has 0 spiro atoms. The standard InChI is InChI=1S/C18H19NO5/c1-4-23-16-10-7-14(11-17(16)22-3)19-18(21)13-5-8-15(9-6-13)24-12(2)20/h5-11H,4H2,1-3H3,(H,19,21). The first kappa shape index (κ1) is 17.3. The minimum Gasteiger partial charge on any atom is -0.493 e. The maximum absolute atomic E-state index is 12.3. The molecule has 2 rings (SSSR count). The van der Waals surface area contributed by atoms with Gasteiger partial charge in [-0.25, -0.2) is 0 Å². The fraction of sp³-hybridized carbons (Fsp3) is 0.222. The summed E-state index contributed by atoms with van der Waals surface area (Å²) in [5.74, 6) is 0.856. The maximum atomic E-state index is 12.3. The molecule has 0 aliphatic carbocycles. The van der Waals surface area contributed by atoms with E-state index in [0.29, 0.717) is 35.1 Å². The Balaban J connectivity index is 2.10. The van der Waals surface area contributed by atoms with E-state index in [4.69, 9.17) is 14.2 Å². The lowest BCUT2D eigenvalue weighted by Gasteiger charge is -2.12. The number of esters is 1. The lowest BCUT2D eigenvalue weighted by molar-refractivity contribution is -0.131. The third-order valence-corrected chi connectivity index (χ3v) is 3.10. The number of carbonyl (C=O) groups excluding carboxylic acids is 2. The number of hydrogen-bond acceptors (Lipinski definition) is 5. The predicted octanol–water partition coefficient (Wildman–Crippen LogP) is 3.27. The highest BCUT2D eigenvalue weighted by molar-refractivity contribution is 6.04. The Labute approximate surface area is 140 Å². The molecule has 0 saturated carbocycles. The minimum absolute atomic E-state index is 0.282. The van der Waals surface area contributed by atoms with Crippen molar-refractivity contribution in [1.82, 2.24) is 0 Å². The van der Waals surface area contributed by atoms with Crippen LogP contribution in [-0.4, -0.2) is 25.6 Å². The molecular formula is C18H19NO5. The highest BCUT2D eigenvalue weighted by Crippen LogP contribution is 2.30. The molecule has 2 aromatic rings. The Morgan fingerprint density at radius 2 is 1.75 bits per heavy atom. The Morgan fingerprint density at radius 1 is 1.04 bits per heavy atom. The topological polar surface area (TPSA) is 73.9 Å². The molecule has 0 fully saturated rings. The summed E-state index contributed by atoms with van der Waals surface area (Å²) in [7, 11) is 1.54. The number of nitrogens with one attached hydrogen (secondary N) is 1. The molecule has 6 heteroatoms. The van der Waals surface area contributed by atoms with E-state index in [2.05, 4.69) is 5.32 Å². The molecule has 0 saturated heterocycles. The summed E-state index contributed by atoms with van der Waals surface area (Å²) in [5, 5.41) is 2.78. The van der Waals surface area contributed by atoms with Gasteiger partial charge in [-0.15, -0.1) is 0 Å². The first-order chi connectivity index (χ1) is 11.5.